The first kappa shape index (κ1) is 9.03. The molecule has 0 radical (unpaired) electrons. The fourth-order valence-electron chi connectivity index (χ4n) is 1.82. The molecule has 0 aliphatic rings. The quantitative estimate of drug-likeness (QED) is 0.618. The van der Waals surface area contributed by atoms with Gasteiger partial charge in [-0.25, -0.2) is 9.97 Å². The second-order valence-electron chi connectivity index (χ2n) is 3.55. The predicted molar refractivity (Wildman–Crippen MR) is 61.4 cm³/mol. The van der Waals surface area contributed by atoms with Crippen molar-refractivity contribution in [2.75, 3.05) is 0 Å². The summed E-state index contributed by atoms with van der Waals surface area (Å²) in [5.74, 6) is 0.918. The van der Waals surface area contributed by atoms with E-state index in [1.54, 1.807) is 12.4 Å². The molecule has 4 heteroatoms. The molecule has 0 spiro atoms. The second kappa shape index (κ2) is 3.41. The summed E-state index contributed by atoms with van der Waals surface area (Å²) >= 11 is 0. The van der Waals surface area contributed by atoms with Gasteiger partial charge in [0.25, 0.3) is 0 Å². The maximum Gasteiger partial charge on any atom is 0.164 e. The fourth-order valence-corrected chi connectivity index (χ4v) is 1.82. The van der Waals surface area contributed by atoms with Crippen LogP contribution in [0.15, 0.2) is 42.9 Å². The Morgan fingerprint density at radius 1 is 1.12 bits per heavy atom. The number of rotatable bonds is 1. The highest BCUT2D eigenvalue weighted by molar-refractivity contribution is 5.73. The van der Waals surface area contributed by atoms with Crippen molar-refractivity contribution in [3.63, 3.8) is 0 Å². The van der Waals surface area contributed by atoms with E-state index in [0.717, 1.165) is 22.7 Å². The monoisotopic (exact) mass is 210 g/mol. The molecule has 0 saturated carbocycles. The number of imidazole rings is 1. The van der Waals surface area contributed by atoms with Gasteiger partial charge in [-0.05, 0) is 31.2 Å². The van der Waals surface area contributed by atoms with Gasteiger partial charge in [0.2, 0.25) is 0 Å². The van der Waals surface area contributed by atoms with Crippen LogP contribution in [0.1, 0.15) is 5.82 Å². The number of pyridine rings is 2. The molecule has 16 heavy (non-hydrogen) atoms. The number of fused-ring (bicyclic) bond motifs is 1. The largest absolute Gasteiger partial charge is 0.279 e. The van der Waals surface area contributed by atoms with Crippen LogP contribution in [0.2, 0.25) is 0 Å². The first-order valence-electron chi connectivity index (χ1n) is 5.07. The van der Waals surface area contributed by atoms with Crippen LogP contribution >= 0.6 is 0 Å². The van der Waals surface area contributed by atoms with E-state index in [-0.39, 0.29) is 0 Å². The van der Waals surface area contributed by atoms with Gasteiger partial charge in [0, 0.05) is 12.4 Å². The van der Waals surface area contributed by atoms with Crippen LogP contribution in [-0.4, -0.2) is 19.5 Å². The highest BCUT2D eigenvalue weighted by Gasteiger charge is 2.08. The summed E-state index contributed by atoms with van der Waals surface area (Å²) in [5, 5.41) is 0. The third kappa shape index (κ3) is 1.27. The minimum atomic E-state index is 0.869. The lowest BCUT2D eigenvalue weighted by atomic mass is 10.4. The zero-order valence-electron chi connectivity index (χ0n) is 8.83. The van der Waals surface area contributed by atoms with Gasteiger partial charge in [-0.1, -0.05) is 0 Å². The van der Waals surface area contributed by atoms with Gasteiger partial charge in [-0.15, -0.1) is 0 Å². The normalized spacial score (nSPS) is 10.8. The molecular weight excluding hydrogens is 200 g/mol. The van der Waals surface area contributed by atoms with Gasteiger partial charge in [-0.3, -0.25) is 9.55 Å². The van der Waals surface area contributed by atoms with Crippen molar-refractivity contribution in [3.05, 3.63) is 48.7 Å². The van der Waals surface area contributed by atoms with Crippen molar-refractivity contribution in [1.29, 1.82) is 0 Å². The second-order valence-corrected chi connectivity index (χ2v) is 3.55. The van der Waals surface area contributed by atoms with Crippen molar-refractivity contribution in [1.82, 2.24) is 19.5 Å². The summed E-state index contributed by atoms with van der Waals surface area (Å²) in [7, 11) is 0. The Bertz CT molecular complexity index is 628. The molecule has 3 heterocycles. The first-order chi connectivity index (χ1) is 7.86. The Kier molecular flexibility index (Phi) is 1.93. The maximum atomic E-state index is 4.46. The van der Waals surface area contributed by atoms with Crippen LogP contribution in [0, 0.1) is 6.92 Å². The number of hydrogen-bond donors (Lipinski definition) is 0. The van der Waals surface area contributed by atoms with Gasteiger partial charge >= 0.3 is 0 Å². The Hall–Kier alpha value is -2.23. The summed E-state index contributed by atoms with van der Waals surface area (Å²) in [5.41, 5.74) is 2.76. The van der Waals surface area contributed by atoms with E-state index in [2.05, 4.69) is 15.0 Å². The van der Waals surface area contributed by atoms with E-state index in [0.29, 0.717) is 0 Å². The van der Waals surface area contributed by atoms with Crippen molar-refractivity contribution in [3.8, 4) is 5.69 Å². The van der Waals surface area contributed by atoms with E-state index >= 15 is 0 Å². The lowest BCUT2D eigenvalue weighted by Crippen LogP contribution is -1.98. The molecule has 0 unspecified atom stereocenters. The molecular formula is C12H10N4. The zero-order chi connectivity index (χ0) is 11.0. The molecule has 4 nitrogen and oxygen atoms in total. The molecule has 0 atom stereocenters. The van der Waals surface area contributed by atoms with Crippen LogP contribution in [0.3, 0.4) is 0 Å². The van der Waals surface area contributed by atoms with Gasteiger partial charge in [0.1, 0.15) is 11.3 Å². The summed E-state index contributed by atoms with van der Waals surface area (Å²) in [6.45, 7) is 1.97. The predicted octanol–water partition coefficient (Wildman–Crippen LogP) is 2.12. The molecule has 0 amide bonds. The third-order valence-corrected chi connectivity index (χ3v) is 2.49. The van der Waals surface area contributed by atoms with E-state index < -0.39 is 0 Å². The molecule has 0 fully saturated rings. The summed E-state index contributed by atoms with van der Waals surface area (Å²) < 4.78 is 2.00. The Morgan fingerprint density at radius 3 is 2.81 bits per heavy atom. The molecule has 0 N–H and O–H groups in total. The van der Waals surface area contributed by atoms with Gasteiger partial charge in [0.05, 0.1) is 11.9 Å². The van der Waals surface area contributed by atoms with Crippen LogP contribution in [0.25, 0.3) is 16.9 Å². The molecule has 0 aliphatic carbocycles. The van der Waals surface area contributed by atoms with E-state index in [9.17, 15) is 0 Å². The van der Waals surface area contributed by atoms with E-state index in [1.165, 1.54) is 0 Å². The Balaban J connectivity index is 2.35. The van der Waals surface area contributed by atoms with E-state index in [1.807, 2.05) is 42.0 Å². The number of aromatic nitrogens is 4. The maximum absolute atomic E-state index is 4.46. The molecule has 0 bridgehead atoms. The highest BCUT2D eigenvalue weighted by atomic mass is 15.1. The molecule has 3 aromatic heterocycles. The standard InChI is InChI=1S/C12H10N4/c1-9-15-11-5-3-7-14-12(11)16(9)10-4-2-6-13-8-10/h2-8H,1H3. The SMILES string of the molecule is Cc1nc2cccnc2n1-c1cccnc1. The first-order valence-corrected chi connectivity index (χ1v) is 5.07. The summed E-state index contributed by atoms with van der Waals surface area (Å²) in [6.07, 6.45) is 5.34. The van der Waals surface area contributed by atoms with Crippen molar-refractivity contribution in [2.24, 2.45) is 0 Å². The lowest BCUT2D eigenvalue weighted by molar-refractivity contribution is 0.977. The van der Waals surface area contributed by atoms with Crippen LogP contribution in [0.5, 0.6) is 0 Å². The van der Waals surface area contributed by atoms with Crippen molar-refractivity contribution >= 4 is 11.2 Å². The topological polar surface area (TPSA) is 43.6 Å². The Morgan fingerprint density at radius 2 is 2.00 bits per heavy atom. The summed E-state index contributed by atoms with van der Waals surface area (Å²) in [4.78, 5) is 12.9. The lowest BCUT2D eigenvalue weighted by Gasteiger charge is -2.04. The number of nitrogens with zero attached hydrogens (tertiary/aromatic N) is 4. The molecule has 0 saturated heterocycles. The van der Waals surface area contributed by atoms with Crippen LogP contribution < -0.4 is 0 Å². The Labute approximate surface area is 92.6 Å². The number of aryl methyl sites for hydroxylation is 1. The molecule has 0 aliphatic heterocycles. The molecule has 78 valence electrons. The van der Waals surface area contributed by atoms with Gasteiger partial charge in [0.15, 0.2) is 5.65 Å². The fraction of sp³-hybridized carbons (Fsp3) is 0.0833. The van der Waals surface area contributed by atoms with E-state index in [4.69, 9.17) is 0 Å². The molecule has 3 aromatic rings. The molecule has 3 rings (SSSR count). The average molecular weight is 210 g/mol. The highest BCUT2D eigenvalue weighted by Crippen LogP contribution is 2.17. The summed E-state index contributed by atoms with van der Waals surface area (Å²) in [6, 6.07) is 7.75. The smallest absolute Gasteiger partial charge is 0.164 e. The van der Waals surface area contributed by atoms with Gasteiger partial charge in [-0.2, -0.15) is 0 Å². The zero-order valence-corrected chi connectivity index (χ0v) is 8.83. The minimum absolute atomic E-state index is 0.869. The minimum Gasteiger partial charge on any atom is -0.279 e. The third-order valence-electron chi connectivity index (χ3n) is 2.49. The van der Waals surface area contributed by atoms with Crippen molar-refractivity contribution in [2.45, 2.75) is 6.92 Å². The van der Waals surface area contributed by atoms with Crippen molar-refractivity contribution < 1.29 is 0 Å². The molecule has 0 aromatic carbocycles. The van der Waals surface area contributed by atoms with Crippen LogP contribution in [0.4, 0.5) is 0 Å². The van der Waals surface area contributed by atoms with Crippen LogP contribution in [-0.2, 0) is 0 Å². The average Bonchev–Trinajstić information content (AvgIpc) is 2.66. The van der Waals surface area contributed by atoms with Gasteiger partial charge < -0.3 is 0 Å². The number of hydrogen-bond acceptors (Lipinski definition) is 3.